The van der Waals surface area contributed by atoms with Crippen molar-refractivity contribution in [1.82, 2.24) is 19.8 Å². The minimum absolute atomic E-state index is 0.214. The van der Waals surface area contributed by atoms with E-state index in [0.29, 0.717) is 6.04 Å². The van der Waals surface area contributed by atoms with Crippen LogP contribution < -0.4 is 15.9 Å². The van der Waals surface area contributed by atoms with Crippen LogP contribution in [-0.2, 0) is 0 Å². The molecule has 1 aliphatic heterocycles. The SMILES string of the molecule is Nn1[nH]c(Oc2c(F)cccc2F)c[s+](C2CCC3CCCCC3N2)[nH]1. The molecule has 0 bridgehead atoms. The van der Waals surface area contributed by atoms with Crippen molar-refractivity contribution in [2.24, 2.45) is 5.92 Å². The van der Waals surface area contributed by atoms with Crippen molar-refractivity contribution >= 4 is 10.7 Å². The van der Waals surface area contributed by atoms with E-state index in [4.69, 9.17) is 10.6 Å². The van der Waals surface area contributed by atoms with Gasteiger partial charge in [0.05, 0.1) is 0 Å². The number of para-hydroxylation sites is 1. The van der Waals surface area contributed by atoms with Crippen LogP contribution in [0.2, 0.25) is 0 Å². The molecular weight excluding hydrogens is 360 g/mol. The topological polar surface area (TPSA) is 83.8 Å². The predicted molar refractivity (Wildman–Crippen MR) is 97.0 cm³/mol. The summed E-state index contributed by atoms with van der Waals surface area (Å²) in [4.78, 5) is 1.19. The molecule has 2 fully saturated rings. The van der Waals surface area contributed by atoms with Gasteiger partial charge in [0.2, 0.25) is 16.5 Å². The fourth-order valence-electron chi connectivity index (χ4n) is 3.97. The van der Waals surface area contributed by atoms with E-state index in [1.54, 1.807) is 0 Å². The highest BCUT2D eigenvalue weighted by Gasteiger charge is 2.36. The number of H-pyrrole nitrogens is 2. The van der Waals surface area contributed by atoms with E-state index in [1.807, 2.05) is 5.38 Å². The van der Waals surface area contributed by atoms with Crippen molar-refractivity contribution in [1.29, 1.82) is 0 Å². The van der Waals surface area contributed by atoms with Gasteiger partial charge in [0.15, 0.2) is 11.6 Å². The molecular formula is C17H24F2N5OS+. The predicted octanol–water partition coefficient (Wildman–Crippen LogP) is 4.24. The van der Waals surface area contributed by atoms with E-state index >= 15 is 0 Å². The number of hydrogen-bond acceptors (Lipinski definition) is 3. The van der Waals surface area contributed by atoms with Gasteiger partial charge in [-0.2, -0.15) is 0 Å². The number of hydrogen-bond donors (Lipinski definition) is 4. The van der Waals surface area contributed by atoms with E-state index in [2.05, 4.69) is 14.9 Å². The van der Waals surface area contributed by atoms with Gasteiger partial charge < -0.3 is 10.6 Å². The summed E-state index contributed by atoms with van der Waals surface area (Å²) in [5.74, 6) is 4.89. The number of aromatic amines is 2. The Morgan fingerprint density at radius 1 is 1.12 bits per heavy atom. The van der Waals surface area contributed by atoms with Gasteiger partial charge in [0.1, 0.15) is 10.7 Å². The van der Waals surface area contributed by atoms with E-state index in [9.17, 15) is 8.78 Å². The second-order valence-electron chi connectivity index (χ2n) is 6.96. The van der Waals surface area contributed by atoms with Gasteiger partial charge in [-0.3, -0.25) is 5.32 Å². The van der Waals surface area contributed by atoms with E-state index in [-0.39, 0.29) is 11.3 Å². The summed E-state index contributed by atoms with van der Waals surface area (Å²) in [7, 11) is -0.448. The Labute approximate surface area is 153 Å². The van der Waals surface area contributed by atoms with Crippen LogP contribution in [0.1, 0.15) is 43.9 Å². The largest absolute Gasteiger partial charge is 0.429 e. The zero-order chi connectivity index (χ0) is 18.1. The molecule has 4 atom stereocenters. The maximum atomic E-state index is 13.8. The maximum Gasteiger partial charge on any atom is 0.270 e. The summed E-state index contributed by atoms with van der Waals surface area (Å²) in [6, 6.07) is 4.16. The van der Waals surface area contributed by atoms with Crippen molar-refractivity contribution in [3.05, 3.63) is 35.2 Å². The van der Waals surface area contributed by atoms with Crippen LogP contribution in [0.5, 0.6) is 11.6 Å². The van der Waals surface area contributed by atoms with Crippen LogP contribution in [0.4, 0.5) is 8.78 Å². The first-order chi connectivity index (χ1) is 12.6. The van der Waals surface area contributed by atoms with Gasteiger partial charge in [-0.05, 0) is 37.3 Å². The molecule has 4 unspecified atom stereocenters. The normalized spacial score (nSPS) is 26.2. The summed E-state index contributed by atoms with van der Waals surface area (Å²) >= 11 is 0. The molecule has 2 aromatic rings. The standard InChI is InChI=1S/C17H24F2N5OS/c18-12-5-3-6-13(19)17(12)25-15-10-26(23-24(20)22-15)16-9-8-11-4-1-2-7-14(11)21-16/h3,5-6,10-11,14,16,21-23H,1-2,4,7-9,20H2/q+1. The number of piperidine rings is 1. The van der Waals surface area contributed by atoms with Gasteiger partial charge >= 0.3 is 0 Å². The third-order valence-corrected chi connectivity index (χ3v) is 7.07. The Hall–Kier alpha value is -2.00. The first kappa shape index (κ1) is 17.4. The fraction of sp³-hybridized carbons (Fsp3) is 0.529. The molecule has 1 saturated carbocycles. The molecule has 0 amide bonds. The van der Waals surface area contributed by atoms with Gasteiger partial charge in [0, 0.05) is 12.5 Å². The number of halogens is 2. The minimum Gasteiger partial charge on any atom is -0.429 e. The highest BCUT2D eigenvalue weighted by Crippen LogP contribution is 2.41. The smallest absolute Gasteiger partial charge is 0.270 e. The van der Waals surface area contributed by atoms with E-state index in [0.717, 1.165) is 24.5 Å². The molecule has 1 aromatic heterocycles. The molecule has 9 heteroatoms. The molecule has 1 saturated heterocycles. The lowest BCUT2D eigenvalue weighted by Crippen LogP contribution is -2.44. The first-order valence-corrected chi connectivity index (χ1v) is 10.3. The number of nitrogens with two attached hydrogens (primary N) is 1. The fourth-order valence-corrected chi connectivity index (χ4v) is 5.63. The van der Waals surface area contributed by atoms with Crippen molar-refractivity contribution in [2.75, 3.05) is 5.84 Å². The van der Waals surface area contributed by atoms with Crippen LogP contribution >= 0.6 is 10.7 Å². The first-order valence-electron chi connectivity index (χ1n) is 8.99. The number of ether oxygens (including phenoxy) is 1. The number of nitrogens with zero attached hydrogens (tertiary/aromatic N) is 1. The summed E-state index contributed by atoms with van der Waals surface area (Å²) in [5, 5.41) is 8.50. The number of nitrogen functional groups attached to an aromatic ring is 1. The lowest BCUT2D eigenvalue weighted by Gasteiger charge is -2.37. The second-order valence-corrected chi connectivity index (χ2v) is 8.69. The zero-order valence-electron chi connectivity index (χ0n) is 14.4. The van der Waals surface area contributed by atoms with Crippen LogP contribution in [0, 0.1) is 17.6 Å². The molecule has 0 spiro atoms. The summed E-state index contributed by atoms with van der Waals surface area (Å²) in [6.07, 6.45) is 7.32. The molecule has 26 heavy (non-hydrogen) atoms. The third kappa shape index (κ3) is 3.59. The highest BCUT2D eigenvalue weighted by molar-refractivity contribution is 7.25. The van der Waals surface area contributed by atoms with E-state index < -0.39 is 28.0 Å². The lowest BCUT2D eigenvalue weighted by atomic mass is 9.79. The van der Waals surface area contributed by atoms with Crippen LogP contribution in [0.15, 0.2) is 23.6 Å². The Balaban J connectivity index is 1.56. The van der Waals surface area contributed by atoms with Crippen molar-refractivity contribution in [3.63, 3.8) is 0 Å². The molecule has 4 rings (SSSR count). The van der Waals surface area contributed by atoms with Crippen LogP contribution in [0.25, 0.3) is 0 Å². The monoisotopic (exact) mass is 384 g/mol. The highest BCUT2D eigenvalue weighted by atomic mass is 32.2. The lowest BCUT2D eigenvalue weighted by molar-refractivity contribution is 0.191. The average molecular weight is 384 g/mol. The van der Waals surface area contributed by atoms with Crippen molar-refractivity contribution < 1.29 is 13.5 Å². The summed E-state index contributed by atoms with van der Waals surface area (Å²) in [6.45, 7) is 0. The molecule has 6 nitrogen and oxygen atoms in total. The molecule has 1 aliphatic carbocycles. The Morgan fingerprint density at radius 3 is 2.69 bits per heavy atom. The number of nitrogens with one attached hydrogen (secondary N) is 3. The Kier molecular flexibility index (Phi) is 4.90. The summed E-state index contributed by atoms with van der Waals surface area (Å²) < 4.78 is 36.3. The molecule has 2 aliphatic rings. The Bertz CT molecular complexity index is 788. The van der Waals surface area contributed by atoms with Crippen LogP contribution in [-0.4, -0.2) is 20.5 Å². The van der Waals surface area contributed by atoms with Gasteiger partial charge in [-0.25, -0.2) is 13.9 Å². The number of benzene rings is 1. The molecule has 5 N–H and O–H groups in total. The molecule has 1 aromatic carbocycles. The van der Waals surface area contributed by atoms with Gasteiger partial charge in [-0.15, -0.1) is 0 Å². The minimum atomic E-state index is -0.754. The number of aromatic nitrogens is 3. The van der Waals surface area contributed by atoms with Crippen molar-refractivity contribution in [3.8, 4) is 11.6 Å². The van der Waals surface area contributed by atoms with E-state index in [1.165, 1.54) is 43.1 Å². The zero-order valence-corrected chi connectivity index (χ0v) is 15.2. The third-order valence-electron chi connectivity index (χ3n) is 5.21. The van der Waals surface area contributed by atoms with Gasteiger partial charge in [0.25, 0.3) is 5.88 Å². The molecule has 2 heterocycles. The molecule has 0 radical (unpaired) electrons. The summed E-state index contributed by atoms with van der Waals surface area (Å²) in [5.41, 5.74) is 0. The van der Waals surface area contributed by atoms with Crippen LogP contribution in [0.3, 0.4) is 0 Å². The number of fused-ring (bicyclic) bond motifs is 1. The quantitative estimate of drug-likeness (QED) is 0.472. The maximum absolute atomic E-state index is 13.8. The molecule has 142 valence electrons. The number of rotatable bonds is 3. The van der Waals surface area contributed by atoms with Gasteiger partial charge in [-0.1, -0.05) is 28.3 Å². The second kappa shape index (κ2) is 7.32. The van der Waals surface area contributed by atoms with Crippen molar-refractivity contribution in [2.45, 2.75) is 49.9 Å². The average Bonchev–Trinajstić information content (AvgIpc) is 2.64. The Morgan fingerprint density at radius 2 is 1.88 bits per heavy atom.